The van der Waals surface area contributed by atoms with Gasteiger partial charge in [0.15, 0.2) is 11.5 Å². The summed E-state index contributed by atoms with van der Waals surface area (Å²) in [6.45, 7) is 3.69. The molecule has 11 nitrogen and oxygen atoms in total. The minimum atomic E-state index is -0.644. The molecule has 1 amide bonds. The van der Waals surface area contributed by atoms with E-state index in [0.717, 1.165) is 11.6 Å². The zero-order valence-corrected chi connectivity index (χ0v) is 24.0. The van der Waals surface area contributed by atoms with Gasteiger partial charge in [0, 0.05) is 38.5 Å². The molecule has 12 heteroatoms. The fraction of sp³-hybridized carbons (Fsp3) is 0.387. The van der Waals surface area contributed by atoms with Gasteiger partial charge in [0.05, 0.1) is 17.9 Å². The standard InChI is InChI=1S/C31H35FN6O5/c1-20(33)36-27(34)24-16-23(32)9-8-22(24)17-35-28(39)25-26(43-18-21-6-3-2-4-7-21)29(40)38-12-5-13-42-19-31(30(38)37-25)10-14-41-15-11-31/h2-4,6-9,16H,5,10-15,17-19H2,1H3,(H,35,39)(H3,33,34,36). The molecule has 3 heterocycles. The van der Waals surface area contributed by atoms with Crippen LogP contribution in [0.1, 0.15) is 59.2 Å². The van der Waals surface area contributed by atoms with Crippen LogP contribution in [0.15, 0.2) is 58.3 Å². The quantitative estimate of drug-likeness (QED) is 0.282. The number of fused-ring (bicyclic) bond motifs is 2. The van der Waals surface area contributed by atoms with Gasteiger partial charge >= 0.3 is 0 Å². The van der Waals surface area contributed by atoms with E-state index in [9.17, 15) is 14.0 Å². The third-order valence-electron chi connectivity index (χ3n) is 7.60. The van der Waals surface area contributed by atoms with Crippen LogP contribution < -0.4 is 21.3 Å². The maximum Gasteiger partial charge on any atom is 0.296 e. The van der Waals surface area contributed by atoms with Crippen LogP contribution in [0.2, 0.25) is 0 Å². The number of ether oxygens (including phenoxy) is 3. The Morgan fingerprint density at radius 3 is 2.70 bits per heavy atom. The summed E-state index contributed by atoms with van der Waals surface area (Å²) in [5, 5.41) is 11.0. The van der Waals surface area contributed by atoms with Crippen molar-refractivity contribution in [1.29, 1.82) is 5.41 Å². The van der Waals surface area contributed by atoms with Gasteiger partial charge in [-0.3, -0.25) is 19.6 Å². The number of aliphatic imine (C=N–C) groups is 1. The van der Waals surface area contributed by atoms with Crippen LogP contribution in [0.3, 0.4) is 0 Å². The molecule has 0 aliphatic carbocycles. The molecule has 2 aliphatic rings. The van der Waals surface area contributed by atoms with Crippen molar-refractivity contribution in [2.45, 2.75) is 51.3 Å². The van der Waals surface area contributed by atoms with E-state index in [1.807, 2.05) is 30.3 Å². The Morgan fingerprint density at radius 1 is 1.19 bits per heavy atom. The summed E-state index contributed by atoms with van der Waals surface area (Å²) in [6, 6.07) is 13.2. The largest absolute Gasteiger partial charge is 0.481 e. The number of amidine groups is 2. The molecule has 0 atom stereocenters. The second kappa shape index (κ2) is 13.3. The van der Waals surface area contributed by atoms with Gasteiger partial charge < -0.3 is 25.3 Å². The smallest absolute Gasteiger partial charge is 0.296 e. The summed E-state index contributed by atoms with van der Waals surface area (Å²) in [7, 11) is 0. The zero-order chi connectivity index (χ0) is 30.4. The zero-order valence-electron chi connectivity index (χ0n) is 24.0. The molecule has 0 bridgehead atoms. The Bertz CT molecular complexity index is 1580. The number of hydrogen-bond acceptors (Lipinski definition) is 7. The first kappa shape index (κ1) is 30.1. The van der Waals surface area contributed by atoms with Gasteiger partial charge in [-0.2, -0.15) is 0 Å². The van der Waals surface area contributed by atoms with Gasteiger partial charge in [0.1, 0.15) is 18.2 Å². The van der Waals surface area contributed by atoms with Gasteiger partial charge in [0.2, 0.25) is 5.75 Å². The number of carbonyl (C=O) groups excluding carboxylic acids is 1. The fourth-order valence-electron chi connectivity index (χ4n) is 5.37. The highest BCUT2D eigenvalue weighted by Gasteiger charge is 2.41. The summed E-state index contributed by atoms with van der Waals surface area (Å²) in [5.74, 6) is -0.972. The first-order valence-corrected chi connectivity index (χ1v) is 14.2. The monoisotopic (exact) mass is 590 g/mol. The van der Waals surface area contributed by atoms with Gasteiger partial charge in [-0.1, -0.05) is 36.4 Å². The number of nitrogens with one attached hydrogen (secondary N) is 2. The molecule has 3 aromatic rings. The lowest BCUT2D eigenvalue weighted by molar-refractivity contribution is -0.0117. The molecule has 0 radical (unpaired) electrons. The van der Waals surface area contributed by atoms with E-state index in [0.29, 0.717) is 63.6 Å². The summed E-state index contributed by atoms with van der Waals surface area (Å²) in [5.41, 5.74) is 5.89. The highest BCUT2D eigenvalue weighted by Crippen LogP contribution is 2.35. The van der Waals surface area contributed by atoms with Crippen molar-refractivity contribution in [1.82, 2.24) is 14.9 Å². The predicted molar refractivity (Wildman–Crippen MR) is 158 cm³/mol. The summed E-state index contributed by atoms with van der Waals surface area (Å²) in [6.07, 6.45) is 1.79. The lowest BCUT2D eigenvalue weighted by Crippen LogP contribution is -2.46. The van der Waals surface area contributed by atoms with Crippen LogP contribution in [0.4, 0.5) is 4.39 Å². The molecule has 1 spiro atoms. The van der Waals surface area contributed by atoms with E-state index in [-0.39, 0.29) is 41.8 Å². The van der Waals surface area contributed by atoms with Gasteiger partial charge in [-0.15, -0.1) is 0 Å². The predicted octanol–water partition coefficient (Wildman–Crippen LogP) is 3.06. The van der Waals surface area contributed by atoms with Crippen LogP contribution in [-0.2, 0) is 34.6 Å². The van der Waals surface area contributed by atoms with Gasteiger partial charge in [0.25, 0.3) is 11.5 Å². The number of nitrogens with zero attached hydrogens (tertiary/aromatic N) is 3. The van der Waals surface area contributed by atoms with Crippen molar-refractivity contribution >= 4 is 17.6 Å². The molecule has 226 valence electrons. The molecule has 0 saturated carbocycles. The number of halogens is 1. The van der Waals surface area contributed by atoms with Crippen molar-refractivity contribution < 1.29 is 23.4 Å². The topological polar surface area (TPSA) is 154 Å². The van der Waals surface area contributed by atoms with Crippen LogP contribution in [0, 0.1) is 11.2 Å². The van der Waals surface area contributed by atoms with E-state index in [4.69, 9.17) is 30.3 Å². The van der Waals surface area contributed by atoms with E-state index >= 15 is 0 Å². The number of aromatic nitrogens is 2. The lowest BCUT2D eigenvalue weighted by atomic mass is 9.79. The molecule has 4 N–H and O–H groups in total. The molecule has 2 aromatic carbocycles. The molecular formula is C31H35FN6O5. The lowest BCUT2D eigenvalue weighted by Gasteiger charge is -2.39. The van der Waals surface area contributed by atoms with Crippen LogP contribution >= 0.6 is 0 Å². The Morgan fingerprint density at radius 2 is 1.95 bits per heavy atom. The van der Waals surface area contributed by atoms with Crippen LogP contribution in [-0.4, -0.2) is 53.6 Å². The number of hydrogen-bond donors (Lipinski definition) is 3. The summed E-state index contributed by atoms with van der Waals surface area (Å²) >= 11 is 0. The van der Waals surface area contributed by atoms with Crippen molar-refractivity contribution in [3.63, 3.8) is 0 Å². The highest BCUT2D eigenvalue weighted by atomic mass is 19.1. The number of amides is 1. The minimum absolute atomic E-state index is 0.0647. The Balaban J connectivity index is 1.54. The SMILES string of the molecule is CC(N)=NC(=N)c1cc(F)ccc1CNC(=O)c1nc2n(c(=O)c1OCc1ccccc1)CCCOCC21CCOCC1. The first-order valence-electron chi connectivity index (χ1n) is 14.2. The van der Waals surface area contributed by atoms with E-state index < -0.39 is 22.7 Å². The molecule has 0 unspecified atom stereocenters. The summed E-state index contributed by atoms with van der Waals surface area (Å²) in [4.78, 5) is 36.6. The maximum absolute atomic E-state index is 14.1. The highest BCUT2D eigenvalue weighted by molar-refractivity contribution is 6.05. The molecule has 1 fully saturated rings. The fourth-order valence-corrected chi connectivity index (χ4v) is 5.37. The number of benzene rings is 2. The molecular weight excluding hydrogens is 555 g/mol. The molecule has 1 aromatic heterocycles. The molecule has 5 rings (SSSR count). The van der Waals surface area contributed by atoms with Crippen molar-refractivity contribution in [2.75, 3.05) is 26.4 Å². The maximum atomic E-state index is 14.1. The second-order valence-corrected chi connectivity index (χ2v) is 10.7. The van der Waals surface area contributed by atoms with Crippen molar-refractivity contribution in [2.24, 2.45) is 10.7 Å². The van der Waals surface area contributed by atoms with Crippen molar-refractivity contribution in [3.8, 4) is 5.75 Å². The van der Waals surface area contributed by atoms with E-state index in [1.165, 1.54) is 19.1 Å². The van der Waals surface area contributed by atoms with Crippen molar-refractivity contribution in [3.05, 3.63) is 92.9 Å². The van der Waals surface area contributed by atoms with Crippen LogP contribution in [0.5, 0.6) is 5.75 Å². The molecule has 43 heavy (non-hydrogen) atoms. The Labute approximate surface area is 248 Å². The average molecular weight is 591 g/mol. The minimum Gasteiger partial charge on any atom is -0.481 e. The molecule has 1 saturated heterocycles. The average Bonchev–Trinajstić information content (AvgIpc) is 2.99. The third-order valence-corrected chi connectivity index (χ3v) is 7.60. The third kappa shape index (κ3) is 6.81. The van der Waals surface area contributed by atoms with E-state index in [1.54, 1.807) is 4.57 Å². The Kier molecular flexibility index (Phi) is 9.27. The number of rotatable bonds is 7. The van der Waals surface area contributed by atoms with Gasteiger partial charge in [-0.05, 0) is 49.4 Å². The van der Waals surface area contributed by atoms with E-state index in [2.05, 4.69) is 10.3 Å². The number of nitrogens with two attached hydrogens (primary N) is 1. The normalized spacial score (nSPS) is 16.6. The van der Waals surface area contributed by atoms with Gasteiger partial charge in [-0.25, -0.2) is 14.4 Å². The number of carbonyl (C=O) groups is 1. The second-order valence-electron chi connectivity index (χ2n) is 10.7. The first-order chi connectivity index (χ1) is 20.8. The summed E-state index contributed by atoms with van der Waals surface area (Å²) < 4.78 is 33.3. The molecule has 2 aliphatic heterocycles. The Hall–Kier alpha value is -4.42. The van der Waals surface area contributed by atoms with Crippen LogP contribution in [0.25, 0.3) is 0 Å².